The maximum atomic E-state index is 12.4. The van der Waals surface area contributed by atoms with Crippen LogP contribution in [-0.4, -0.2) is 154 Å². The molecule has 0 saturated carbocycles. The Morgan fingerprint density at radius 3 is 2.20 bits per heavy atom. The number of aliphatic hydroxyl groups excluding tert-OH is 7. The molecule has 6 unspecified atom stereocenters. The van der Waals surface area contributed by atoms with Gasteiger partial charge in [-0.2, -0.15) is 0 Å². The number of amides is 2. The molecule has 9 N–H and O–H groups in total. The topological polar surface area (TPSA) is 246 Å². The van der Waals surface area contributed by atoms with E-state index in [0.717, 1.165) is 0 Å². The summed E-state index contributed by atoms with van der Waals surface area (Å²) in [6.07, 6.45) is -13.3. The fraction of sp³-hybridized carbons (Fsp3) is 0.929. The van der Waals surface area contributed by atoms with E-state index >= 15 is 0 Å². The van der Waals surface area contributed by atoms with Crippen LogP contribution in [0.5, 0.6) is 0 Å². The van der Waals surface area contributed by atoms with Crippen molar-refractivity contribution in [3.05, 3.63) is 0 Å². The lowest BCUT2D eigenvalue weighted by Gasteiger charge is -2.50. The lowest BCUT2D eigenvalue weighted by Crippen LogP contribution is -2.65. The summed E-state index contributed by atoms with van der Waals surface area (Å²) in [5, 5.41) is 77.8. The third-order valence-electron chi connectivity index (χ3n) is 8.27. The predicted molar refractivity (Wildman–Crippen MR) is 150 cm³/mol. The molecule has 3 saturated heterocycles. The molecule has 3 heterocycles. The zero-order valence-electron chi connectivity index (χ0n) is 25.4. The van der Waals surface area contributed by atoms with Gasteiger partial charge in [-0.25, -0.2) is 0 Å². The molecule has 3 aliphatic rings. The van der Waals surface area contributed by atoms with Crippen LogP contribution in [0.15, 0.2) is 0 Å². The van der Waals surface area contributed by atoms with Gasteiger partial charge in [-0.15, -0.1) is 0 Å². The summed E-state index contributed by atoms with van der Waals surface area (Å²) in [5.74, 6) is -1.41. The minimum Gasteiger partial charge on any atom is -0.394 e. The number of aliphatic hydroxyl groups is 7. The fourth-order valence-electron chi connectivity index (χ4n) is 5.91. The zero-order chi connectivity index (χ0) is 32.6. The van der Waals surface area contributed by atoms with E-state index in [0.29, 0.717) is 25.8 Å². The molecule has 256 valence electrons. The van der Waals surface area contributed by atoms with Crippen LogP contribution in [0.2, 0.25) is 0 Å². The van der Waals surface area contributed by atoms with Crippen LogP contribution in [0, 0.1) is 5.92 Å². The van der Waals surface area contributed by atoms with Crippen LogP contribution in [-0.2, 0) is 33.3 Å². The van der Waals surface area contributed by atoms with Crippen molar-refractivity contribution in [3.63, 3.8) is 0 Å². The van der Waals surface area contributed by atoms with E-state index in [4.69, 9.17) is 23.7 Å². The second-order valence-electron chi connectivity index (χ2n) is 11.7. The van der Waals surface area contributed by atoms with Crippen molar-refractivity contribution < 1.29 is 69.0 Å². The molecule has 0 aromatic rings. The summed E-state index contributed by atoms with van der Waals surface area (Å²) in [7, 11) is 0. The summed E-state index contributed by atoms with van der Waals surface area (Å²) < 4.78 is 29.7. The summed E-state index contributed by atoms with van der Waals surface area (Å²) in [6, 6.07) is -0.968. The van der Waals surface area contributed by atoms with Crippen LogP contribution >= 0.6 is 0 Å². The second-order valence-corrected chi connectivity index (χ2v) is 11.7. The van der Waals surface area contributed by atoms with E-state index in [1.54, 1.807) is 0 Å². The van der Waals surface area contributed by atoms with Crippen molar-refractivity contribution in [2.24, 2.45) is 5.92 Å². The van der Waals surface area contributed by atoms with Crippen molar-refractivity contribution in [1.82, 2.24) is 10.6 Å². The first-order chi connectivity index (χ1) is 20.9. The van der Waals surface area contributed by atoms with Gasteiger partial charge in [0, 0.05) is 32.2 Å². The van der Waals surface area contributed by atoms with Gasteiger partial charge in [-0.05, 0) is 26.2 Å². The summed E-state index contributed by atoms with van der Waals surface area (Å²) in [5.41, 5.74) is 0. The molecule has 44 heavy (non-hydrogen) atoms. The largest absolute Gasteiger partial charge is 0.394 e. The lowest BCUT2D eigenvalue weighted by atomic mass is 9.80. The highest BCUT2D eigenvalue weighted by molar-refractivity contribution is 5.75. The molecule has 16 nitrogen and oxygen atoms in total. The molecule has 14 atom stereocenters. The first-order valence-electron chi connectivity index (χ1n) is 15.3. The van der Waals surface area contributed by atoms with Gasteiger partial charge in [0.05, 0.1) is 50.3 Å². The summed E-state index contributed by atoms with van der Waals surface area (Å²) in [6.45, 7) is 4.00. The number of hydrogen-bond donors (Lipinski definition) is 9. The Morgan fingerprint density at radius 2 is 1.57 bits per heavy atom. The molecule has 0 radical (unpaired) electrons. The van der Waals surface area contributed by atoms with Gasteiger partial charge >= 0.3 is 0 Å². The first kappa shape index (κ1) is 36.9. The van der Waals surface area contributed by atoms with E-state index < -0.39 is 105 Å². The third kappa shape index (κ3) is 9.49. The standard InChI is InChI=1S/C28H50N2O14/c1-4-6-21(36)29-7-5-8-40-28-22(30-14(3)33)15(9-18-24(38)25(39)23(37)13(2)41-18)26(20(12-32)43-28)44-27-17(35)10-16(34)19(11-31)42-27/h13,15-20,22-28,31-32,34-35,37-39H,4-12H2,1-3H3,(H,29,36)(H,30,33)/t13?,15-,16-,17?,18+,19?,20?,22?,23-,24?,25+,26+,27+,28-/m1/s1. The zero-order valence-corrected chi connectivity index (χ0v) is 25.4. The van der Waals surface area contributed by atoms with Crippen molar-refractivity contribution in [3.8, 4) is 0 Å². The number of rotatable bonds is 14. The third-order valence-corrected chi connectivity index (χ3v) is 8.27. The van der Waals surface area contributed by atoms with Crippen LogP contribution in [0.3, 0.4) is 0 Å². The summed E-state index contributed by atoms with van der Waals surface area (Å²) >= 11 is 0. The molecule has 0 aromatic carbocycles. The maximum absolute atomic E-state index is 12.4. The number of carbonyl (C=O) groups excluding carboxylic acids is 2. The first-order valence-corrected chi connectivity index (χ1v) is 15.3. The molecule has 0 aromatic heterocycles. The summed E-state index contributed by atoms with van der Waals surface area (Å²) in [4.78, 5) is 24.2. The molecule has 3 aliphatic heterocycles. The van der Waals surface area contributed by atoms with Crippen molar-refractivity contribution in [2.75, 3.05) is 26.4 Å². The van der Waals surface area contributed by atoms with Crippen molar-refractivity contribution in [1.29, 1.82) is 0 Å². The van der Waals surface area contributed by atoms with Gasteiger partial charge < -0.3 is 70.1 Å². The van der Waals surface area contributed by atoms with Gasteiger partial charge in [-0.1, -0.05) is 6.92 Å². The smallest absolute Gasteiger partial charge is 0.219 e. The van der Waals surface area contributed by atoms with E-state index in [2.05, 4.69) is 10.6 Å². The molecule has 0 bridgehead atoms. The van der Waals surface area contributed by atoms with E-state index in [-0.39, 0.29) is 25.4 Å². The minimum absolute atomic E-state index is 0.0893. The molecular weight excluding hydrogens is 588 g/mol. The van der Waals surface area contributed by atoms with Gasteiger partial charge in [0.2, 0.25) is 11.8 Å². The van der Waals surface area contributed by atoms with Crippen LogP contribution < -0.4 is 10.6 Å². The molecule has 16 heteroatoms. The molecule has 3 rings (SSSR count). The van der Waals surface area contributed by atoms with Crippen molar-refractivity contribution >= 4 is 11.8 Å². The maximum Gasteiger partial charge on any atom is 0.219 e. The normalized spacial score (nSPS) is 41.2. The number of ether oxygens (including phenoxy) is 5. The quantitative estimate of drug-likeness (QED) is 0.0843. The highest BCUT2D eigenvalue weighted by atomic mass is 16.7. The van der Waals surface area contributed by atoms with Gasteiger partial charge in [0.1, 0.15) is 36.6 Å². The Hall–Kier alpha value is -1.54. The minimum atomic E-state index is -1.53. The Bertz CT molecular complexity index is 900. The Kier molecular flexibility index (Phi) is 14.6. The molecular formula is C28H50N2O14. The fourth-order valence-corrected chi connectivity index (χ4v) is 5.91. The van der Waals surface area contributed by atoms with Gasteiger partial charge in [0.15, 0.2) is 12.6 Å². The Labute approximate surface area is 256 Å². The Morgan fingerprint density at radius 1 is 0.886 bits per heavy atom. The SMILES string of the molecule is CCCC(=O)NCCCO[C@@H]1OC(CO)[C@@H](O[C@@H]2OC(CO)[C@H](O)CC2O)[C@H](C[C@@H]2OC(C)[C@@H](O)[C@H](O)C2O)C1NC(C)=O. The second kappa shape index (κ2) is 17.4. The lowest BCUT2D eigenvalue weighted by molar-refractivity contribution is -0.332. The van der Waals surface area contributed by atoms with E-state index in [9.17, 15) is 45.3 Å². The average Bonchev–Trinajstić information content (AvgIpc) is 2.97. The van der Waals surface area contributed by atoms with E-state index in [1.165, 1.54) is 13.8 Å². The van der Waals surface area contributed by atoms with Crippen LogP contribution in [0.25, 0.3) is 0 Å². The van der Waals surface area contributed by atoms with Gasteiger partial charge in [-0.3, -0.25) is 9.59 Å². The molecule has 3 fully saturated rings. The van der Waals surface area contributed by atoms with Gasteiger partial charge in [0.25, 0.3) is 0 Å². The molecule has 0 aliphatic carbocycles. The van der Waals surface area contributed by atoms with Crippen molar-refractivity contribution in [2.45, 2.75) is 133 Å². The number of hydrogen-bond acceptors (Lipinski definition) is 14. The number of carbonyl (C=O) groups is 2. The predicted octanol–water partition coefficient (Wildman–Crippen LogP) is -3.38. The number of nitrogens with one attached hydrogen (secondary N) is 2. The monoisotopic (exact) mass is 638 g/mol. The average molecular weight is 639 g/mol. The molecule has 0 spiro atoms. The Balaban J connectivity index is 1.88. The van der Waals surface area contributed by atoms with Crippen LogP contribution in [0.1, 0.15) is 52.9 Å². The highest BCUT2D eigenvalue weighted by Gasteiger charge is 2.52. The molecule has 2 amide bonds. The van der Waals surface area contributed by atoms with Crippen LogP contribution in [0.4, 0.5) is 0 Å². The highest BCUT2D eigenvalue weighted by Crippen LogP contribution is 2.37. The van der Waals surface area contributed by atoms with E-state index in [1.807, 2.05) is 6.92 Å².